The van der Waals surface area contributed by atoms with Gasteiger partial charge in [0.15, 0.2) is 11.3 Å². The van der Waals surface area contributed by atoms with E-state index in [-0.39, 0.29) is 11.3 Å². The number of alkyl halides is 3. The predicted molar refractivity (Wildman–Crippen MR) is 61.2 cm³/mol. The van der Waals surface area contributed by atoms with Crippen molar-refractivity contribution in [3.05, 3.63) is 48.5 Å². The molecule has 3 aromatic heterocycles. The summed E-state index contributed by atoms with van der Waals surface area (Å²) in [6.07, 6.45) is -0.299. The molecule has 0 N–H and O–H groups in total. The summed E-state index contributed by atoms with van der Waals surface area (Å²) in [7, 11) is 0. The zero-order chi connectivity index (χ0) is 13.5. The molecule has 0 aliphatic rings. The van der Waals surface area contributed by atoms with Crippen molar-refractivity contribution in [1.29, 1.82) is 0 Å². The second-order valence-electron chi connectivity index (χ2n) is 3.85. The highest BCUT2D eigenvalue weighted by Crippen LogP contribution is 2.34. The van der Waals surface area contributed by atoms with Gasteiger partial charge in [-0.1, -0.05) is 0 Å². The Hall–Kier alpha value is -2.44. The first kappa shape index (κ1) is 11.6. The Morgan fingerprint density at radius 1 is 1.00 bits per heavy atom. The third-order valence-corrected chi connectivity index (χ3v) is 2.61. The van der Waals surface area contributed by atoms with Crippen LogP contribution in [0.15, 0.2) is 42.9 Å². The lowest BCUT2D eigenvalue weighted by Crippen LogP contribution is -2.10. The van der Waals surface area contributed by atoms with Crippen LogP contribution in [-0.2, 0) is 6.18 Å². The average Bonchev–Trinajstić information content (AvgIpc) is 2.85. The first-order valence-electron chi connectivity index (χ1n) is 5.39. The van der Waals surface area contributed by atoms with E-state index in [0.29, 0.717) is 5.65 Å². The van der Waals surface area contributed by atoms with Crippen LogP contribution in [0.1, 0.15) is 5.69 Å². The van der Waals surface area contributed by atoms with Gasteiger partial charge in [0.25, 0.3) is 0 Å². The van der Waals surface area contributed by atoms with E-state index >= 15 is 0 Å². The predicted octanol–water partition coefficient (Wildman–Crippen LogP) is 2.81. The van der Waals surface area contributed by atoms with Crippen LogP contribution in [0.5, 0.6) is 0 Å². The van der Waals surface area contributed by atoms with Crippen LogP contribution in [-0.4, -0.2) is 19.6 Å². The molecular formula is C12H7F3N4. The first-order chi connectivity index (χ1) is 9.05. The molecule has 0 atom stereocenters. The average molecular weight is 264 g/mol. The van der Waals surface area contributed by atoms with Crippen molar-refractivity contribution in [2.45, 2.75) is 6.18 Å². The van der Waals surface area contributed by atoms with E-state index in [2.05, 4.69) is 15.1 Å². The maximum atomic E-state index is 12.9. The molecular weight excluding hydrogens is 257 g/mol. The number of aromatic nitrogens is 4. The summed E-state index contributed by atoms with van der Waals surface area (Å²) in [5, 5.41) is 4.09. The molecule has 3 aromatic rings. The number of imidazole rings is 1. The van der Waals surface area contributed by atoms with Gasteiger partial charge in [-0.05, 0) is 24.3 Å². The molecule has 4 nitrogen and oxygen atoms in total. The number of hydrogen-bond acceptors (Lipinski definition) is 3. The van der Waals surface area contributed by atoms with Gasteiger partial charge in [0.2, 0.25) is 0 Å². The van der Waals surface area contributed by atoms with Gasteiger partial charge in [-0.25, -0.2) is 9.50 Å². The molecule has 19 heavy (non-hydrogen) atoms. The number of halogens is 3. The summed E-state index contributed by atoms with van der Waals surface area (Å²) in [6.45, 7) is 0. The smallest absolute Gasteiger partial charge is 0.251 e. The minimum absolute atomic E-state index is 0.0504. The van der Waals surface area contributed by atoms with Crippen molar-refractivity contribution in [2.75, 3.05) is 0 Å². The van der Waals surface area contributed by atoms with Crippen molar-refractivity contribution >= 4 is 5.65 Å². The number of rotatable bonds is 1. The lowest BCUT2D eigenvalue weighted by molar-refractivity contribution is -0.140. The number of hydrogen-bond donors (Lipinski definition) is 0. The fourth-order valence-electron chi connectivity index (χ4n) is 1.80. The molecule has 0 spiro atoms. The van der Waals surface area contributed by atoms with Gasteiger partial charge in [-0.3, -0.25) is 4.98 Å². The lowest BCUT2D eigenvalue weighted by atomic mass is 10.1. The van der Waals surface area contributed by atoms with E-state index in [1.165, 1.54) is 28.9 Å². The maximum Gasteiger partial charge on any atom is 0.434 e. The number of nitrogens with zero attached hydrogens (tertiary/aromatic N) is 4. The SMILES string of the molecule is FC(F)(F)c1ncccc1-c1ccc2nccn2n1. The summed E-state index contributed by atoms with van der Waals surface area (Å²) in [5.41, 5.74) is -0.223. The minimum atomic E-state index is -4.51. The van der Waals surface area contributed by atoms with Gasteiger partial charge in [0.1, 0.15) is 0 Å². The van der Waals surface area contributed by atoms with Gasteiger partial charge in [-0.15, -0.1) is 0 Å². The Morgan fingerprint density at radius 3 is 2.63 bits per heavy atom. The van der Waals surface area contributed by atoms with Crippen molar-refractivity contribution in [3.63, 3.8) is 0 Å². The monoisotopic (exact) mass is 264 g/mol. The fraction of sp³-hybridized carbons (Fsp3) is 0.0833. The molecule has 0 unspecified atom stereocenters. The molecule has 3 rings (SSSR count). The van der Waals surface area contributed by atoms with Crippen molar-refractivity contribution in [1.82, 2.24) is 19.6 Å². The Kier molecular flexibility index (Phi) is 2.48. The van der Waals surface area contributed by atoms with E-state index in [1.807, 2.05) is 0 Å². The Labute approximate surface area is 105 Å². The van der Waals surface area contributed by atoms with Gasteiger partial charge >= 0.3 is 6.18 Å². The van der Waals surface area contributed by atoms with E-state index in [9.17, 15) is 13.2 Å². The topological polar surface area (TPSA) is 43.1 Å². The van der Waals surface area contributed by atoms with Crippen LogP contribution in [0, 0.1) is 0 Å². The van der Waals surface area contributed by atoms with Crippen LogP contribution < -0.4 is 0 Å². The third kappa shape index (κ3) is 2.03. The molecule has 0 fully saturated rings. The molecule has 0 radical (unpaired) electrons. The highest BCUT2D eigenvalue weighted by Gasteiger charge is 2.35. The zero-order valence-electron chi connectivity index (χ0n) is 9.46. The van der Waals surface area contributed by atoms with Crippen LogP contribution >= 0.6 is 0 Å². The van der Waals surface area contributed by atoms with E-state index in [0.717, 1.165) is 6.20 Å². The van der Waals surface area contributed by atoms with E-state index < -0.39 is 11.9 Å². The van der Waals surface area contributed by atoms with Crippen LogP contribution in [0.2, 0.25) is 0 Å². The summed E-state index contributed by atoms with van der Waals surface area (Å²) in [6, 6.07) is 5.90. The Bertz CT molecular complexity index is 733. The van der Waals surface area contributed by atoms with Gasteiger partial charge in [0, 0.05) is 24.2 Å². The maximum absolute atomic E-state index is 12.9. The van der Waals surface area contributed by atoms with Gasteiger partial charge in [-0.2, -0.15) is 18.3 Å². The molecule has 0 bridgehead atoms. The standard InChI is InChI=1S/C12H7F3N4/c13-12(14,15)11-8(2-1-5-17-11)9-3-4-10-16-6-7-19(10)18-9/h1-7H. The lowest BCUT2D eigenvalue weighted by Gasteiger charge is -2.10. The molecule has 0 saturated carbocycles. The zero-order valence-corrected chi connectivity index (χ0v) is 9.46. The van der Waals surface area contributed by atoms with Crippen molar-refractivity contribution in [2.24, 2.45) is 0 Å². The van der Waals surface area contributed by atoms with Crippen LogP contribution in [0.4, 0.5) is 13.2 Å². The molecule has 96 valence electrons. The summed E-state index contributed by atoms with van der Waals surface area (Å²) in [4.78, 5) is 7.39. The van der Waals surface area contributed by atoms with Gasteiger partial charge < -0.3 is 0 Å². The normalized spacial score (nSPS) is 11.9. The molecule has 0 aliphatic carbocycles. The Morgan fingerprint density at radius 2 is 1.84 bits per heavy atom. The molecule has 0 aliphatic heterocycles. The molecule has 0 saturated heterocycles. The summed E-state index contributed by atoms with van der Waals surface area (Å²) in [5.74, 6) is 0. The highest BCUT2D eigenvalue weighted by molar-refractivity contribution is 5.63. The number of fused-ring (bicyclic) bond motifs is 1. The Balaban J connectivity index is 2.21. The highest BCUT2D eigenvalue weighted by atomic mass is 19.4. The molecule has 0 aromatic carbocycles. The molecule has 7 heteroatoms. The van der Waals surface area contributed by atoms with Crippen molar-refractivity contribution in [3.8, 4) is 11.3 Å². The van der Waals surface area contributed by atoms with Crippen LogP contribution in [0.3, 0.4) is 0 Å². The van der Waals surface area contributed by atoms with Gasteiger partial charge in [0.05, 0.1) is 5.69 Å². The molecule has 3 heterocycles. The van der Waals surface area contributed by atoms with Crippen LogP contribution in [0.25, 0.3) is 16.9 Å². The fourth-order valence-corrected chi connectivity index (χ4v) is 1.80. The summed E-state index contributed by atoms with van der Waals surface area (Å²) >= 11 is 0. The van der Waals surface area contributed by atoms with E-state index in [1.54, 1.807) is 12.3 Å². The largest absolute Gasteiger partial charge is 0.434 e. The summed E-state index contributed by atoms with van der Waals surface area (Å²) < 4.78 is 40.1. The first-order valence-corrected chi connectivity index (χ1v) is 5.39. The second kappa shape index (κ2) is 4.04. The van der Waals surface area contributed by atoms with E-state index in [4.69, 9.17) is 0 Å². The minimum Gasteiger partial charge on any atom is -0.251 e. The second-order valence-corrected chi connectivity index (χ2v) is 3.85. The third-order valence-electron chi connectivity index (χ3n) is 2.61. The quantitative estimate of drug-likeness (QED) is 0.678. The number of pyridine rings is 1. The van der Waals surface area contributed by atoms with Crippen molar-refractivity contribution < 1.29 is 13.2 Å². The molecule has 0 amide bonds.